The van der Waals surface area contributed by atoms with Crippen LogP contribution in [-0.4, -0.2) is 60.5 Å². The number of ketones is 1. The summed E-state index contributed by atoms with van der Waals surface area (Å²) in [6, 6.07) is 6.20. The van der Waals surface area contributed by atoms with Crippen molar-refractivity contribution in [2.75, 3.05) is 32.8 Å². The van der Waals surface area contributed by atoms with Gasteiger partial charge in [0.2, 0.25) is 0 Å². The predicted molar refractivity (Wildman–Crippen MR) is 97.8 cm³/mol. The smallest absolute Gasteiger partial charge is 0.320 e. The lowest BCUT2D eigenvalue weighted by Crippen LogP contribution is -2.58. The van der Waals surface area contributed by atoms with Crippen LogP contribution in [0.1, 0.15) is 30.4 Å². The molecule has 0 spiro atoms. The highest BCUT2D eigenvalue weighted by atomic mass is 19.3. The van der Waals surface area contributed by atoms with Gasteiger partial charge in [-0.1, -0.05) is 30.0 Å². The summed E-state index contributed by atoms with van der Waals surface area (Å²) in [5.41, 5.74) is 0.278. The van der Waals surface area contributed by atoms with E-state index < -0.39 is 6.43 Å². The Bertz CT molecular complexity index is 826. The van der Waals surface area contributed by atoms with Gasteiger partial charge in [0.25, 0.3) is 6.43 Å². The molecule has 4 rings (SSSR count). The number of hydrogen-bond acceptors (Lipinski definition) is 3. The number of fused-ring (bicyclic) bond motifs is 1. The monoisotopic (exact) mass is 388 g/mol. The number of amides is 2. The summed E-state index contributed by atoms with van der Waals surface area (Å²) in [6.07, 6.45) is -1.24. The molecule has 3 aliphatic rings. The van der Waals surface area contributed by atoms with Gasteiger partial charge in [0, 0.05) is 49.6 Å². The van der Waals surface area contributed by atoms with Crippen molar-refractivity contribution in [3.63, 3.8) is 0 Å². The summed E-state index contributed by atoms with van der Waals surface area (Å²) < 4.78 is 31.6. The molecule has 0 N–H and O–H groups in total. The Balaban J connectivity index is 1.31. The molecule has 0 bridgehead atoms. The molecule has 0 saturated carbocycles. The number of nitrogens with zero attached hydrogens (tertiary/aromatic N) is 2. The Morgan fingerprint density at radius 3 is 2.75 bits per heavy atom. The summed E-state index contributed by atoms with van der Waals surface area (Å²) in [7, 11) is 0. The molecule has 3 heterocycles. The van der Waals surface area contributed by atoms with Gasteiger partial charge in [0.05, 0.1) is 12.0 Å². The first-order valence-corrected chi connectivity index (χ1v) is 9.57. The van der Waals surface area contributed by atoms with Crippen LogP contribution >= 0.6 is 0 Å². The van der Waals surface area contributed by atoms with Crippen molar-refractivity contribution in [3.05, 3.63) is 35.4 Å². The Labute approximate surface area is 162 Å². The first-order chi connectivity index (χ1) is 13.5. The zero-order valence-corrected chi connectivity index (χ0v) is 15.4. The quantitative estimate of drug-likeness (QED) is 0.695. The number of Topliss-reactive ketones (excluding diaryl/α,β-unsaturated/α-hetero) is 1. The highest BCUT2D eigenvalue weighted by Gasteiger charge is 2.39. The van der Waals surface area contributed by atoms with Gasteiger partial charge in [-0.25, -0.2) is 13.6 Å². The molecule has 5 nitrogen and oxygen atoms in total. The van der Waals surface area contributed by atoms with Crippen molar-refractivity contribution < 1.29 is 23.1 Å². The highest BCUT2D eigenvalue weighted by molar-refractivity contribution is 5.81. The van der Waals surface area contributed by atoms with Gasteiger partial charge in [-0.05, 0) is 12.5 Å². The minimum atomic E-state index is -2.55. The number of hydrogen-bond donors (Lipinski definition) is 0. The van der Waals surface area contributed by atoms with Gasteiger partial charge < -0.3 is 14.5 Å². The lowest BCUT2D eigenvalue weighted by atomic mass is 9.88. The van der Waals surface area contributed by atoms with Crippen molar-refractivity contribution in [2.24, 2.45) is 11.8 Å². The van der Waals surface area contributed by atoms with E-state index in [0.717, 1.165) is 6.42 Å². The van der Waals surface area contributed by atoms with Crippen molar-refractivity contribution in [1.82, 2.24) is 9.80 Å². The number of rotatable bonds is 1. The second kappa shape index (κ2) is 7.88. The van der Waals surface area contributed by atoms with E-state index in [4.69, 9.17) is 4.74 Å². The third-order valence-electron chi connectivity index (χ3n) is 5.64. The number of piperidine rings is 1. The molecule has 3 aliphatic heterocycles. The maximum Gasteiger partial charge on any atom is 0.320 e. The van der Waals surface area contributed by atoms with Gasteiger partial charge in [-0.2, -0.15) is 0 Å². The molecule has 3 saturated heterocycles. The van der Waals surface area contributed by atoms with E-state index in [9.17, 15) is 18.4 Å². The van der Waals surface area contributed by atoms with Gasteiger partial charge in [-0.15, -0.1) is 0 Å². The maximum atomic E-state index is 13.0. The Kier molecular flexibility index (Phi) is 5.31. The third kappa shape index (κ3) is 3.88. The molecular weight excluding hydrogens is 366 g/mol. The lowest BCUT2D eigenvalue weighted by molar-refractivity contribution is -0.140. The number of urea groups is 1. The van der Waals surface area contributed by atoms with E-state index in [0.29, 0.717) is 38.2 Å². The summed E-state index contributed by atoms with van der Waals surface area (Å²) in [6.45, 7) is 2.37. The van der Waals surface area contributed by atoms with Crippen LogP contribution in [0.2, 0.25) is 0 Å². The molecule has 0 radical (unpaired) electrons. The molecule has 7 heteroatoms. The topological polar surface area (TPSA) is 49.9 Å². The van der Waals surface area contributed by atoms with Gasteiger partial charge in [0.15, 0.2) is 5.78 Å². The van der Waals surface area contributed by atoms with Crippen LogP contribution in [0, 0.1) is 23.7 Å². The average molecular weight is 388 g/mol. The van der Waals surface area contributed by atoms with E-state index in [1.807, 2.05) is 0 Å². The second-order valence-electron chi connectivity index (χ2n) is 7.63. The molecule has 2 atom stereocenters. The van der Waals surface area contributed by atoms with Crippen LogP contribution in [-0.2, 0) is 9.53 Å². The first kappa shape index (κ1) is 18.9. The fourth-order valence-corrected chi connectivity index (χ4v) is 4.06. The molecular formula is C21H22F2N2O3. The zero-order valence-electron chi connectivity index (χ0n) is 15.4. The van der Waals surface area contributed by atoms with E-state index in [-0.39, 0.29) is 41.9 Å². The average Bonchev–Trinajstić information content (AvgIpc) is 2.66. The fraction of sp³-hybridized carbons (Fsp3) is 0.524. The number of likely N-dealkylation sites (tertiary alicyclic amines) is 2. The van der Waals surface area contributed by atoms with E-state index >= 15 is 0 Å². The zero-order chi connectivity index (χ0) is 19.7. The third-order valence-corrected chi connectivity index (χ3v) is 5.64. The van der Waals surface area contributed by atoms with Gasteiger partial charge in [-0.3, -0.25) is 4.79 Å². The first-order valence-electron chi connectivity index (χ1n) is 9.57. The van der Waals surface area contributed by atoms with Crippen LogP contribution < -0.4 is 0 Å². The van der Waals surface area contributed by atoms with Crippen LogP contribution in [0.4, 0.5) is 13.6 Å². The van der Waals surface area contributed by atoms with Crippen molar-refractivity contribution >= 4 is 11.8 Å². The van der Waals surface area contributed by atoms with E-state index in [2.05, 4.69) is 11.8 Å². The molecule has 2 amide bonds. The normalized spacial score (nSPS) is 25.0. The minimum Gasteiger partial charge on any atom is -0.370 e. The molecule has 3 fully saturated rings. The maximum absolute atomic E-state index is 13.0. The van der Waals surface area contributed by atoms with E-state index in [1.54, 1.807) is 28.0 Å². The summed E-state index contributed by atoms with van der Waals surface area (Å²) in [5, 5.41) is 0. The number of carbonyl (C=O) groups excluding carboxylic acids is 2. The number of carbonyl (C=O) groups is 2. The summed E-state index contributed by atoms with van der Waals surface area (Å²) in [5.74, 6) is 6.02. The SMILES string of the molecule is O=C1CO[C@H]2CCN(C(=O)N3CC(C#Cc4ccccc4C(F)F)C3)C[C@H]2C1. The standard InChI is InChI=1S/C21H22F2N2O3/c22-20(23)18-4-2-1-3-15(18)6-5-14-10-25(11-14)21(27)24-8-7-19-16(12-24)9-17(26)13-28-19/h1-4,14,16,19-20H,7-13H2/t16-,19+/m1/s1. The van der Waals surface area contributed by atoms with Crippen molar-refractivity contribution in [3.8, 4) is 11.8 Å². The van der Waals surface area contributed by atoms with Crippen LogP contribution in [0.25, 0.3) is 0 Å². The number of alkyl halides is 2. The van der Waals surface area contributed by atoms with Gasteiger partial charge in [0.1, 0.15) is 6.61 Å². The minimum absolute atomic E-state index is 0.00758. The summed E-state index contributed by atoms with van der Waals surface area (Å²) >= 11 is 0. The van der Waals surface area contributed by atoms with Crippen molar-refractivity contribution in [2.45, 2.75) is 25.4 Å². The van der Waals surface area contributed by atoms with Crippen molar-refractivity contribution in [1.29, 1.82) is 0 Å². The number of benzene rings is 1. The number of halogens is 2. The lowest BCUT2D eigenvalue weighted by Gasteiger charge is -2.45. The second-order valence-corrected chi connectivity index (χ2v) is 7.63. The molecule has 1 aromatic rings. The molecule has 28 heavy (non-hydrogen) atoms. The van der Waals surface area contributed by atoms with E-state index in [1.165, 1.54) is 6.07 Å². The largest absolute Gasteiger partial charge is 0.370 e. The molecule has 0 unspecified atom stereocenters. The van der Waals surface area contributed by atoms with Crippen LogP contribution in [0.15, 0.2) is 24.3 Å². The molecule has 0 aromatic heterocycles. The highest BCUT2D eigenvalue weighted by Crippen LogP contribution is 2.29. The fourth-order valence-electron chi connectivity index (χ4n) is 4.06. The van der Waals surface area contributed by atoms with Crippen LogP contribution in [0.5, 0.6) is 0 Å². The Morgan fingerprint density at radius 1 is 1.18 bits per heavy atom. The Hall–Kier alpha value is -2.46. The summed E-state index contributed by atoms with van der Waals surface area (Å²) in [4.78, 5) is 27.8. The number of ether oxygens (including phenoxy) is 1. The molecule has 1 aromatic carbocycles. The van der Waals surface area contributed by atoms with Crippen LogP contribution in [0.3, 0.4) is 0 Å². The molecule has 148 valence electrons. The predicted octanol–water partition coefficient (Wildman–Crippen LogP) is 2.71. The molecule has 0 aliphatic carbocycles. The Morgan fingerprint density at radius 2 is 1.96 bits per heavy atom. The van der Waals surface area contributed by atoms with Gasteiger partial charge >= 0.3 is 6.03 Å².